The molecule has 2 aromatic rings. The Morgan fingerprint density at radius 1 is 0.962 bits per heavy atom. The average Bonchev–Trinajstić information content (AvgIpc) is 2.58. The molecule has 0 bridgehead atoms. The number of amides is 2. The number of halogens is 1. The lowest BCUT2D eigenvalue weighted by atomic mass is 10.1. The molecule has 0 saturated carbocycles. The summed E-state index contributed by atoms with van der Waals surface area (Å²) in [6.07, 6.45) is 1.07. The van der Waals surface area contributed by atoms with Crippen LogP contribution >= 0.6 is 0 Å². The molecule has 2 aromatic carbocycles. The minimum Gasteiger partial charge on any atom is -0.350 e. The molecule has 0 spiro atoms. The zero-order valence-electron chi connectivity index (χ0n) is 14.4. The highest BCUT2D eigenvalue weighted by atomic mass is 32.2. The largest absolute Gasteiger partial charge is 0.350 e. The molecule has 2 amide bonds. The predicted molar refractivity (Wildman–Crippen MR) is 95.4 cm³/mol. The fourth-order valence-corrected chi connectivity index (χ4v) is 2.87. The van der Waals surface area contributed by atoms with Crippen molar-refractivity contribution in [1.29, 1.82) is 0 Å². The number of carbonyl (C=O) groups is 2. The Balaban J connectivity index is 1.91. The summed E-state index contributed by atoms with van der Waals surface area (Å²) < 4.78 is 36.0. The van der Waals surface area contributed by atoms with Crippen molar-refractivity contribution in [1.82, 2.24) is 10.6 Å². The van der Waals surface area contributed by atoms with Gasteiger partial charge in [-0.3, -0.25) is 9.59 Å². The summed E-state index contributed by atoms with van der Waals surface area (Å²) in [6.45, 7) is 2.04. The fourth-order valence-electron chi connectivity index (χ4n) is 2.23. The average molecular weight is 378 g/mol. The Hall–Kier alpha value is -2.74. The number of carbonyl (C=O) groups excluding carboxylic acids is 2. The molecular formula is C18H19FN2O4S. The second-order valence-electron chi connectivity index (χ2n) is 5.77. The van der Waals surface area contributed by atoms with E-state index in [0.717, 1.165) is 6.26 Å². The highest BCUT2D eigenvalue weighted by Gasteiger charge is 2.14. The lowest BCUT2D eigenvalue weighted by molar-refractivity contribution is 0.0927. The quantitative estimate of drug-likeness (QED) is 0.749. The van der Waals surface area contributed by atoms with Crippen molar-refractivity contribution < 1.29 is 22.4 Å². The van der Waals surface area contributed by atoms with Crippen LogP contribution in [0.4, 0.5) is 4.39 Å². The van der Waals surface area contributed by atoms with Gasteiger partial charge in [-0.05, 0) is 48.9 Å². The second kappa shape index (κ2) is 8.09. The van der Waals surface area contributed by atoms with Gasteiger partial charge in [0.1, 0.15) is 5.82 Å². The van der Waals surface area contributed by atoms with Crippen molar-refractivity contribution in [2.24, 2.45) is 0 Å². The molecule has 0 atom stereocenters. The van der Waals surface area contributed by atoms with Gasteiger partial charge in [-0.2, -0.15) is 0 Å². The van der Waals surface area contributed by atoms with Crippen molar-refractivity contribution in [3.63, 3.8) is 0 Å². The highest BCUT2D eigenvalue weighted by Crippen LogP contribution is 2.15. The van der Waals surface area contributed by atoms with Gasteiger partial charge in [-0.1, -0.05) is 6.07 Å². The van der Waals surface area contributed by atoms with E-state index in [1.165, 1.54) is 36.4 Å². The maximum atomic E-state index is 12.8. The number of benzene rings is 2. The zero-order valence-corrected chi connectivity index (χ0v) is 15.2. The summed E-state index contributed by atoms with van der Waals surface area (Å²) in [6, 6.07) is 9.46. The number of sulfone groups is 1. The lowest BCUT2D eigenvalue weighted by Crippen LogP contribution is -2.35. The van der Waals surface area contributed by atoms with E-state index in [2.05, 4.69) is 10.6 Å². The Morgan fingerprint density at radius 3 is 2.12 bits per heavy atom. The Morgan fingerprint density at radius 2 is 1.54 bits per heavy atom. The van der Waals surface area contributed by atoms with Crippen LogP contribution in [-0.4, -0.2) is 39.6 Å². The predicted octanol–water partition coefficient (Wildman–Crippen LogP) is 1.70. The molecule has 0 aliphatic carbocycles. The Labute approximate surface area is 151 Å². The van der Waals surface area contributed by atoms with E-state index in [4.69, 9.17) is 0 Å². The summed E-state index contributed by atoms with van der Waals surface area (Å²) in [4.78, 5) is 24.2. The first-order valence-corrected chi connectivity index (χ1v) is 9.70. The Bertz CT molecular complexity index is 925. The van der Waals surface area contributed by atoms with Gasteiger partial charge in [-0.15, -0.1) is 0 Å². The molecule has 2 rings (SSSR count). The van der Waals surface area contributed by atoms with Crippen molar-refractivity contribution >= 4 is 21.7 Å². The summed E-state index contributed by atoms with van der Waals surface area (Å²) >= 11 is 0. The minimum absolute atomic E-state index is 0.0675. The first-order valence-electron chi connectivity index (χ1n) is 7.81. The third-order valence-corrected chi connectivity index (χ3v) is 4.79. The molecule has 0 unspecified atom stereocenters. The molecule has 0 fully saturated rings. The maximum Gasteiger partial charge on any atom is 0.251 e. The smallest absolute Gasteiger partial charge is 0.251 e. The van der Waals surface area contributed by atoms with Crippen molar-refractivity contribution in [2.75, 3.05) is 19.3 Å². The van der Waals surface area contributed by atoms with E-state index in [1.807, 2.05) is 0 Å². The van der Waals surface area contributed by atoms with Crippen LogP contribution in [0.3, 0.4) is 0 Å². The summed E-state index contributed by atoms with van der Waals surface area (Å²) in [7, 11) is -3.41. The fraction of sp³-hybridized carbons (Fsp3) is 0.222. The lowest BCUT2D eigenvalue weighted by Gasteiger charge is -2.10. The molecule has 0 aliphatic heterocycles. The van der Waals surface area contributed by atoms with Crippen LogP contribution < -0.4 is 10.6 Å². The van der Waals surface area contributed by atoms with E-state index in [0.29, 0.717) is 11.1 Å². The molecule has 0 aromatic heterocycles. The van der Waals surface area contributed by atoms with Gasteiger partial charge in [-0.25, -0.2) is 12.8 Å². The SMILES string of the molecule is Cc1ccc(S(C)(=O)=O)cc1C(=O)NCCNC(=O)c1ccc(F)cc1. The van der Waals surface area contributed by atoms with Gasteiger partial charge >= 0.3 is 0 Å². The van der Waals surface area contributed by atoms with Crippen LogP contribution in [0.1, 0.15) is 26.3 Å². The van der Waals surface area contributed by atoms with Gasteiger partial charge in [0, 0.05) is 30.5 Å². The van der Waals surface area contributed by atoms with E-state index in [1.54, 1.807) is 13.0 Å². The molecular weight excluding hydrogens is 359 g/mol. The van der Waals surface area contributed by atoms with Gasteiger partial charge in [0.15, 0.2) is 9.84 Å². The van der Waals surface area contributed by atoms with E-state index >= 15 is 0 Å². The van der Waals surface area contributed by atoms with Gasteiger partial charge < -0.3 is 10.6 Å². The Kier molecular flexibility index (Phi) is 6.10. The molecule has 0 saturated heterocycles. The first kappa shape index (κ1) is 19.6. The highest BCUT2D eigenvalue weighted by molar-refractivity contribution is 7.90. The van der Waals surface area contributed by atoms with E-state index in [-0.39, 0.29) is 29.5 Å². The monoisotopic (exact) mass is 378 g/mol. The standard InChI is InChI=1S/C18H19FN2O4S/c1-12-3-8-15(26(2,24)25)11-16(12)18(23)21-10-9-20-17(22)13-4-6-14(19)7-5-13/h3-8,11H,9-10H2,1-2H3,(H,20,22)(H,21,23). The molecule has 0 heterocycles. The van der Waals surface area contributed by atoms with Crippen molar-refractivity contribution in [2.45, 2.75) is 11.8 Å². The van der Waals surface area contributed by atoms with Gasteiger partial charge in [0.05, 0.1) is 4.90 Å². The molecule has 2 N–H and O–H groups in total. The van der Waals surface area contributed by atoms with E-state index in [9.17, 15) is 22.4 Å². The van der Waals surface area contributed by atoms with Crippen molar-refractivity contribution in [3.05, 3.63) is 65.0 Å². The summed E-state index contributed by atoms with van der Waals surface area (Å²) in [5.41, 5.74) is 1.22. The number of hydrogen-bond acceptors (Lipinski definition) is 4. The van der Waals surface area contributed by atoms with Crippen molar-refractivity contribution in [3.8, 4) is 0 Å². The first-order chi connectivity index (χ1) is 12.2. The molecule has 138 valence electrons. The normalized spacial score (nSPS) is 11.0. The molecule has 8 heteroatoms. The molecule has 26 heavy (non-hydrogen) atoms. The van der Waals surface area contributed by atoms with Crippen LogP contribution in [0.15, 0.2) is 47.4 Å². The molecule has 0 radical (unpaired) electrons. The second-order valence-corrected chi connectivity index (χ2v) is 7.78. The summed E-state index contributed by atoms with van der Waals surface area (Å²) in [5, 5.41) is 5.23. The summed E-state index contributed by atoms with van der Waals surface area (Å²) in [5.74, 6) is -1.24. The molecule has 6 nitrogen and oxygen atoms in total. The van der Waals surface area contributed by atoms with Crippen LogP contribution in [0.5, 0.6) is 0 Å². The van der Waals surface area contributed by atoms with E-state index < -0.39 is 21.6 Å². The number of rotatable bonds is 6. The third-order valence-electron chi connectivity index (χ3n) is 3.68. The van der Waals surface area contributed by atoms with Gasteiger partial charge in [0.25, 0.3) is 11.8 Å². The van der Waals surface area contributed by atoms with Crippen LogP contribution in [0.25, 0.3) is 0 Å². The number of hydrogen-bond donors (Lipinski definition) is 2. The number of nitrogens with one attached hydrogen (secondary N) is 2. The third kappa shape index (κ3) is 5.13. The zero-order chi connectivity index (χ0) is 19.3. The minimum atomic E-state index is -3.41. The maximum absolute atomic E-state index is 12.8. The topological polar surface area (TPSA) is 92.3 Å². The van der Waals surface area contributed by atoms with Gasteiger partial charge in [0.2, 0.25) is 0 Å². The van der Waals surface area contributed by atoms with Crippen LogP contribution in [0, 0.1) is 12.7 Å². The van der Waals surface area contributed by atoms with Crippen LogP contribution in [-0.2, 0) is 9.84 Å². The van der Waals surface area contributed by atoms with Crippen LogP contribution in [0.2, 0.25) is 0 Å². The number of aryl methyl sites for hydroxylation is 1. The molecule has 0 aliphatic rings.